The first-order chi connectivity index (χ1) is 9.22. The summed E-state index contributed by atoms with van der Waals surface area (Å²) < 4.78 is 0. The van der Waals surface area contributed by atoms with Gasteiger partial charge in [-0.1, -0.05) is 61.1 Å². The molecule has 20 heavy (non-hydrogen) atoms. The molecule has 1 aromatic rings. The van der Waals surface area contributed by atoms with Crippen molar-refractivity contribution in [1.29, 1.82) is 0 Å². The monoisotopic (exact) mass is 284 g/mol. The Morgan fingerprint density at radius 1 is 0.800 bits per heavy atom. The zero-order valence-corrected chi connectivity index (χ0v) is 15.1. The molecule has 0 saturated carbocycles. The van der Waals surface area contributed by atoms with Crippen LogP contribution >= 0.6 is 0 Å². The molecule has 0 atom stereocenters. The van der Waals surface area contributed by atoms with Crippen molar-refractivity contribution >= 4 is 8.07 Å². The lowest BCUT2D eigenvalue weighted by atomic mass is 9.88. The lowest BCUT2D eigenvalue weighted by Crippen LogP contribution is -2.42. The van der Waals surface area contributed by atoms with Crippen LogP contribution in [0.15, 0.2) is 52.6 Å². The second-order valence-electron chi connectivity index (χ2n) is 7.32. The van der Waals surface area contributed by atoms with Crippen LogP contribution in [0.3, 0.4) is 0 Å². The molecule has 2 rings (SSSR count). The van der Waals surface area contributed by atoms with Crippen molar-refractivity contribution in [3.05, 3.63) is 58.2 Å². The smallest absolute Gasteiger partial charge is 0.0608 e. The summed E-state index contributed by atoms with van der Waals surface area (Å²) >= 11 is 0. The van der Waals surface area contributed by atoms with E-state index in [0.717, 1.165) is 6.42 Å². The lowest BCUT2D eigenvalue weighted by molar-refractivity contribution is 0.708. The molecule has 0 saturated heterocycles. The van der Waals surface area contributed by atoms with Gasteiger partial charge in [-0.05, 0) is 50.8 Å². The molecule has 0 spiro atoms. The van der Waals surface area contributed by atoms with Gasteiger partial charge < -0.3 is 0 Å². The first-order valence-electron chi connectivity index (χ1n) is 7.62. The maximum Gasteiger partial charge on any atom is 0.0608 e. The Morgan fingerprint density at radius 3 is 1.65 bits per heavy atom. The third kappa shape index (κ3) is 2.12. The Balaban J connectivity index is 2.61. The molecular weight excluding hydrogens is 256 g/mol. The Hall–Kier alpha value is -1.08. The number of rotatable bonds is 3. The average molecular weight is 285 g/mol. The predicted octanol–water partition coefficient (Wildman–Crippen LogP) is 5.99. The van der Waals surface area contributed by atoms with E-state index in [-0.39, 0.29) is 0 Å². The van der Waals surface area contributed by atoms with Crippen LogP contribution in [0.1, 0.15) is 33.3 Å². The third-order valence-electron chi connectivity index (χ3n) is 5.56. The van der Waals surface area contributed by atoms with Gasteiger partial charge in [-0.15, -0.1) is 0 Å². The fraction of sp³-hybridized carbons (Fsp3) is 0.474. The highest BCUT2D eigenvalue weighted by Crippen LogP contribution is 2.60. The lowest BCUT2D eigenvalue weighted by Gasteiger charge is -2.44. The number of hydrogen-bond acceptors (Lipinski definition) is 0. The zero-order valence-electron chi connectivity index (χ0n) is 14.1. The van der Waals surface area contributed by atoms with Crippen molar-refractivity contribution in [1.82, 2.24) is 0 Å². The zero-order chi connectivity index (χ0) is 15.1. The van der Waals surface area contributed by atoms with Crippen LogP contribution in [0.4, 0.5) is 0 Å². The van der Waals surface area contributed by atoms with E-state index in [2.05, 4.69) is 77.7 Å². The van der Waals surface area contributed by atoms with Gasteiger partial charge in [-0.2, -0.15) is 0 Å². The van der Waals surface area contributed by atoms with Crippen LogP contribution < -0.4 is 0 Å². The summed E-state index contributed by atoms with van der Waals surface area (Å²) in [6.07, 6.45) is 1.16. The summed E-state index contributed by atoms with van der Waals surface area (Å²) in [5, 5.41) is 0.294. The van der Waals surface area contributed by atoms with E-state index >= 15 is 0 Å². The standard InChI is InChI=1S/C19H28Si/c1-14-15(2)17(4)19(16(14)3,20(5,6)7)13-18-11-9-8-10-12-18/h8-12H,13H2,1-7H3. The van der Waals surface area contributed by atoms with Gasteiger partial charge in [-0.3, -0.25) is 0 Å². The van der Waals surface area contributed by atoms with Crippen molar-refractivity contribution in [3.63, 3.8) is 0 Å². The second kappa shape index (κ2) is 5.03. The molecular formula is C19H28Si. The van der Waals surface area contributed by atoms with Gasteiger partial charge in [0, 0.05) is 5.04 Å². The topological polar surface area (TPSA) is 0 Å². The van der Waals surface area contributed by atoms with E-state index in [0.29, 0.717) is 5.04 Å². The molecule has 1 heteroatoms. The maximum atomic E-state index is 2.52. The molecule has 0 radical (unpaired) electrons. The highest BCUT2D eigenvalue weighted by Gasteiger charge is 2.49. The van der Waals surface area contributed by atoms with Crippen LogP contribution in [0.25, 0.3) is 0 Å². The quantitative estimate of drug-likeness (QED) is 0.598. The summed E-state index contributed by atoms with van der Waals surface area (Å²) in [6, 6.07) is 11.0. The van der Waals surface area contributed by atoms with Crippen LogP contribution in [0, 0.1) is 0 Å². The van der Waals surface area contributed by atoms with Crippen molar-refractivity contribution < 1.29 is 0 Å². The molecule has 0 aromatic heterocycles. The molecule has 0 fully saturated rings. The molecule has 0 amide bonds. The summed E-state index contributed by atoms with van der Waals surface area (Å²) in [7, 11) is -1.38. The predicted molar refractivity (Wildman–Crippen MR) is 92.9 cm³/mol. The molecule has 0 N–H and O–H groups in total. The van der Waals surface area contributed by atoms with Gasteiger partial charge in [-0.25, -0.2) is 0 Å². The summed E-state index contributed by atoms with van der Waals surface area (Å²) in [5.41, 5.74) is 7.77. The van der Waals surface area contributed by atoms with Crippen molar-refractivity contribution in [2.75, 3.05) is 0 Å². The third-order valence-corrected chi connectivity index (χ3v) is 9.05. The Morgan fingerprint density at radius 2 is 1.25 bits per heavy atom. The molecule has 1 aliphatic rings. The Kier molecular flexibility index (Phi) is 3.85. The molecule has 0 unspecified atom stereocenters. The molecule has 0 bridgehead atoms. The molecule has 1 aliphatic carbocycles. The number of allylic oxidation sites excluding steroid dienone is 4. The first-order valence-corrected chi connectivity index (χ1v) is 11.1. The Labute approximate surface area is 125 Å². The van der Waals surface area contributed by atoms with Crippen LogP contribution in [0.2, 0.25) is 24.7 Å². The van der Waals surface area contributed by atoms with Gasteiger partial charge in [0.15, 0.2) is 0 Å². The van der Waals surface area contributed by atoms with Gasteiger partial charge >= 0.3 is 0 Å². The molecule has 0 nitrogen and oxygen atoms in total. The SMILES string of the molecule is CC1=C(C)C(Cc2ccccc2)([Si](C)(C)C)C(C)=C1C. The minimum atomic E-state index is -1.38. The fourth-order valence-corrected chi connectivity index (χ4v) is 7.40. The summed E-state index contributed by atoms with van der Waals surface area (Å²) in [6.45, 7) is 16.9. The molecule has 0 aliphatic heterocycles. The van der Waals surface area contributed by atoms with Crippen molar-refractivity contribution in [3.8, 4) is 0 Å². The van der Waals surface area contributed by atoms with E-state index in [1.807, 2.05) is 0 Å². The minimum absolute atomic E-state index is 0.294. The summed E-state index contributed by atoms with van der Waals surface area (Å²) in [4.78, 5) is 0. The number of hydrogen-bond donors (Lipinski definition) is 0. The normalized spacial score (nSPS) is 18.9. The van der Waals surface area contributed by atoms with Crippen LogP contribution in [0.5, 0.6) is 0 Å². The Bertz CT molecular complexity index is 544. The minimum Gasteiger partial charge on any atom is -0.0686 e. The van der Waals surface area contributed by atoms with E-state index in [1.165, 1.54) is 16.7 Å². The van der Waals surface area contributed by atoms with Crippen molar-refractivity contribution in [2.45, 2.75) is 58.8 Å². The first kappa shape index (κ1) is 15.3. The van der Waals surface area contributed by atoms with Crippen LogP contribution in [-0.4, -0.2) is 8.07 Å². The average Bonchev–Trinajstić information content (AvgIpc) is 2.55. The van der Waals surface area contributed by atoms with Crippen molar-refractivity contribution in [2.24, 2.45) is 0 Å². The van der Waals surface area contributed by atoms with Gasteiger partial charge in [0.1, 0.15) is 0 Å². The second-order valence-corrected chi connectivity index (χ2v) is 12.7. The van der Waals surface area contributed by atoms with Gasteiger partial charge in [0.05, 0.1) is 8.07 Å². The van der Waals surface area contributed by atoms with Gasteiger partial charge in [0.2, 0.25) is 0 Å². The highest BCUT2D eigenvalue weighted by atomic mass is 28.3. The van der Waals surface area contributed by atoms with E-state index in [1.54, 1.807) is 11.1 Å². The number of benzene rings is 1. The maximum absolute atomic E-state index is 2.52. The highest BCUT2D eigenvalue weighted by molar-refractivity contribution is 6.80. The van der Waals surface area contributed by atoms with Crippen LogP contribution in [-0.2, 0) is 6.42 Å². The molecule has 0 heterocycles. The van der Waals surface area contributed by atoms with E-state index in [4.69, 9.17) is 0 Å². The van der Waals surface area contributed by atoms with E-state index < -0.39 is 8.07 Å². The van der Waals surface area contributed by atoms with Gasteiger partial charge in [0.25, 0.3) is 0 Å². The largest absolute Gasteiger partial charge is 0.0686 e. The fourth-order valence-electron chi connectivity index (χ4n) is 4.04. The summed E-state index contributed by atoms with van der Waals surface area (Å²) in [5.74, 6) is 0. The molecule has 1 aromatic carbocycles. The van der Waals surface area contributed by atoms with E-state index in [9.17, 15) is 0 Å². The molecule has 108 valence electrons.